The molecule has 6 nitrogen and oxygen atoms in total. The zero-order valence-electron chi connectivity index (χ0n) is 14.1. The van der Waals surface area contributed by atoms with Crippen molar-refractivity contribution in [1.82, 2.24) is 4.90 Å². The molecule has 2 heterocycles. The van der Waals surface area contributed by atoms with E-state index in [1.165, 1.54) is 6.07 Å². The third kappa shape index (κ3) is 3.43. The summed E-state index contributed by atoms with van der Waals surface area (Å²) in [6.07, 6.45) is 0.188. The summed E-state index contributed by atoms with van der Waals surface area (Å²) in [5, 5.41) is 0.748. The van der Waals surface area contributed by atoms with Crippen LogP contribution in [0.5, 0.6) is 5.75 Å². The Morgan fingerprint density at radius 3 is 2.62 bits per heavy atom. The molecule has 1 aliphatic heterocycles. The van der Waals surface area contributed by atoms with Crippen LogP contribution in [0.2, 0.25) is 0 Å². The van der Waals surface area contributed by atoms with Crippen LogP contribution in [0.3, 0.4) is 0 Å². The summed E-state index contributed by atoms with van der Waals surface area (Å²) in [4.78, 5) is 26.3. The van der Waals surface area contributed by atoms with Gasteiger partial charge >= 0.3 is 5.63 Å². The predicted molar refractivity (Wildman–Crippen MR) is 89.3 cm³/mol. The van der Waals surface area contributed by atoms with Crippen LogP contribution in [-0.2, 0) is 16.0 Å². The van der Waals surface area contributed by atoms with Crippen molar-refractivity contribution in [3.63, 3.8) is 0 Å². The lowest BCUT2D eigenvalue weighted by Crippen LogP contribution is -2.48. The lowest BCUT2D eigenvalue weighted by molar-refractivity contribution is -0.142. The molecule has 1 aliphatic rings. The maximum absolute atomic E-state index is 12.6. The van der Waals surface area contributed by atoms with Crippen LogP contribution in [0.25, 0.3) is 11.0 Å². The van der Waals surface area contributed by atoms with E-state index in [4.69, 9.17) is 13.9 Å². The van der Waals surface area contributed by atoms with Crippen molar-refractivity contribution in [2.45, 2.75) is 32.5 Å². The molecule has 128 valence electrons. The number of nitrogens with zero attached hydrogens (tertiary/aromatic N) is 1. The molecular formula is C18H21NO5. The first-order valence-corrected chi connectivity index (χ1v) is 8.00. The maximum atomic E-state index is 12.6. The first-order chi connectivity index (χ1) is 11.5. The summed E-state index contributed by atoms with van der Waals surface area (Å²) in [7, 11) is 1.55. The van der Waals surface area contributed by atoms with Gasteiger partial charge in [0.05, 0.1) is 25.7 Å². The normalized spacial score (nSPS) is 21.0. The highest BCUT2D eigenvalue weighted by molar-refractivity contribution is 5.87. The molecular weight excluding hydrogens is 310 g/mol. The predicted octanol–water partition coefficient (Wildman–Crippen LogP) is 1.98. The molecule has 1 amide bonds. The molecule has 24 heavy (non-hydrogen) atoms. The molecule has 0 bridgehead atoms. The van der Waals surface area contributed by atoms with Crippen molar-refractivity contribution in [3.8, 4) is 5.75 Å². The Morgan fingerprint density at radius 2 is 1.96 bits per heavy atom. The van der Waals surface area contributed by atoms with Gasteiger partial charge in [0, 0.05) is 30.6 Å². The molecule has 0 saturated carbocycles. The molecule has 1 fully saturated rings. The Kier molecular flexibility index (Phi) is 4.57. The summed E-state index contributed by atoms with van der Waals surface area (Å²) in [5.41, 5.74) is 0.622. The molecule has 0 aliphatic carbocycles. The highest BCUT2D eigenvalue weighted by Crippen LogP contribution is 2.23. The van der Waals surface area contributed by atoms with Crippen molar-refractivity contribution in [2.75, 3.05) is 20.2 Å². The smallest absolute Gasteiger partial charge is 0.336 e. The Balaban J connectivity index is 1.89. The number of methoxy groups -OCH3 is 1. The number of morpholine rings is 1. The van der Waals surface area contributed by atoms with E-state index >= 15 is 0 Å². The van der Waals surface area contributed by atoms with Gasteiger partial charge in [0.15, 0.2) is 0 Å². The number of amides is 1. The van der Waals surface area contributed by atoms with E-state index in [9.17, 15) is 9.59 Å². The molecule has 0 N–H and O–H groups in total. The van der Waals surface area contributed by atoms with Crippen molar-refractivity contribution >= 4 is 16.9 Å². The zero-order valence-corrected chi connectivity index (χ0v) is 14.1. The van der Waals surface area contributed by atoms with Crippen LogP contribution in [-0.4, -0.2) is 43.2 Å². The van der Waals surface area contributed by atoms with E-state index in [1.807, 2.05) is 19.9 Å². The largest absolute Gasteiger partial charge is 0.497 e. The molecule has 0 radical (unpaired) electrons. The van der Waals surface area contributed by atoms with Gasteiger partial charge in [-0.05, 0) is 31.5 Å². The number of hydrogen-bond acceptors (Lipinski definition) is 5. The first kappa shape index (κ1) is 16.5. The monoisotopic (exact) mass is 331 g/mol. The molecule has 0 spiro atoms. The summed E-state index contributed by atoms with van der Waals surface area (Å²) < 4.78 is 16.0. The highest BCUT2D eigenvalue weighted by Gasteiger charge is 2.26. The minimum atomic E-state index is -0.470. The summed E-state index contributed by atoms with van der Waals surface area (Å²) >= 11 is 0. The van der Waals surface area contributed by atoms with Crippen molar-refractivity contribution in [2.24, 2.45) is 0 Å². The van der Waals surface area contributed by atoms with Crippen LogP contribution in [0.15, 0.2) is 33.5 Å². The third-order valence-corrected chi connectivity index (χ3v) is 4.15. The van der Waals surface area contributed by atoms with Crippen LogP contribution in [0.4, 0.5) is 0 Å². The van der Waals surface area contributed by atoms with Crippen LogP contribution in [0.1, 0.15) is 19.4 Å². The third-order valence-electron chi connectivity index (χ3n) is 4.15. The van der Waals surface area contributed by atoms with Gasteiger partial charge in [-0.25, -0.2) is 4.79 Å². The number of ether oxygens (including phenoxy) is 2. The Bertz CT molecular complexity index is 803. The van der Waals surface area contributed by atoms with Gasteiger partial charge in [-0.1, -0.05) is 0 Å². The second kappa shape index (κ2) is 6.65. The van der Waals surface area contributed by atoms with Gasteiger partial charge in [0.2, 0.25) is 5.91 Å². The number of carbonyl (C=O) groups is 1. The zero-order chi connectivity index (χ0) is 17.3. The fourth-order valence-electron chi connectivity index (χ4n) is 3.14. The molecule has 1 aromatic heterocycles. The fourth-order valence-corrected chi connectivity index (χ4v) is 3.14. The van der Waals surface area contributed by atoms with Gasteiger partial charge in [-0.2, -0.15) is 0 Å². The van der Waals surface area contributed by atoms with E-state index in [0.717, 1.165) is 5.39 Å². The molecule has 2 aromatic rings. The quantitative estimate of drug-likeness (QED) is 0.805. The van der Waals surface area contributed by atoms with Crippen LogP contribution in [0, 0.1) is 0 Å². The molecule has 2 unspecified atom stereocenters. The molecule has 3 rings (SSSR count). The van der Waals surface area contributed by atoms with Gasteiger partial charge in [0.25, 0.3) is 0 Å². The van der Waals surface area contributed by atoms with Gasteiger partial charge in [-0.15, -0.1) is 0 Å². The standard InChI is InChI=1S/C18H21NO5/c1-11-9-19(10-12(2)23-11)17(20)6-13-7-18(21)24-16-8-14(22-3)4-5-15(13)16/h4-5,7-8,11-12H,6,9-10H2,1-3H3. The van der Waals surface area contributed by atoms with Crippen LogP contribution >= 0.6 is 0 Å². The lowest BCUT2D eigenvalue weighted by atomic mass is 10.1. The van der Waals surface area contributed by atoms with Crippen molar-refractivity contribution in [1.29, 1.82) is 0 Å². The summed E-state index contributed by atoms with van der Waals surface area (Å²) in [5.74, 6) is 0.588. The summed E-state index contributed by atoms with van der Waals surface area (Å²) in [6, 6.07) is 6.64. The van der Waals surface area contributed by atoms with Gasteiger partial charge < -0.3 is 18.8 Å². The van der Waals surface area contributed by atoms with Crippen molar-refractivity contribution < 1.29 is 18.7 Å². The Labute approximate surface area is 140 Å². The minimum Gasteiger partial charge on any atom is -0.497 e. The first-order valence-electron chi connectivity index (χ1n) is 8.00. The number of benzene rings is 1. The number of carbonyl (C=O) groups excluding carboxylic acids is 1. The average molecular weight is 331 g/mol. The second-order valence-corrected chi connectivity index (χ2v) is 6.19. The number of fused-ring (bicyclic) bond motifs is 1. The number of rotatable bonds is 3. The van der Waals surface area contributed by atoms with E-state index in [-0.39, 0.29) is 24.5 Å². The molecule has 2 atom stereocenters. The van der Waals surface area contributed by atoms with E-state index in [2.05, 4.69) is 0 Å². The number of hydrogen-bond donors (Lipinski definition) is 0. The molecule has 6 heteroatoms. The maximum Gasteiger partial charge on any atom is 0.336 e. The van der Waals surface area contributed by atoms with Gasteiger partial charge in [0.1, 0.15) is 11.3 Å². The molecule has 1 aromatic carbocycles. The van der Waals surface area contributed by atoms with E-state index in [1.54, 1.807) is 24.1 Å². The average Bonchev–Trinajstić information content (AvgIpc) is 2.53. The van der Waals surface area contributed by atoms with E-state index < -0.39 is 5.63 Å². The van der Waals surface area contributed by atoms with E-state index in [0.29, 0.717) is 30.0 Å². The Morgan fingerprint density at radius 1 is 1.25 bits per heavy atom. The fraction of sp³-hybridized carbons (Fsp3) is 0.444. The topological polar surface area (TPSA) is 69.0 Å². The lowest BCUT2D eigenvalue weighted by Gasteiger charge is -2.35. The van der Waals surface area contributed by atoms with Crippen molar-refractivity contribution in [3.05, 3.63) is 40.2 Å². The highest BCUT2D eigenvalue weighted by atomic mass is 16.5. The Hall–Kier alpha value is -2.34. The molecule has 1 saturated heterocycles. The van der Waals surface area contributed by atoms with Crippen LogP contribution < -0.4 is 10.4 Å². The minimum absolute atomic E-state index is 0.0135. The van der Waals surface area contributed by atoms with Gasteiger partial charge in [-0.3, -0.25) is 4.79 Å². The summed E-state index contributed by atoms with van der Waals surface area (Å²) in [6.45, 7) is 5.04. The SMILES string of the molecule is COc1ccc2c(CC(=O)N3CC(C)OC(C)C3)cc(=O)oc2c1. The second-order valence-electron chi connectivity index (χ2n) is 6.19.